The minimum Gasteiger partial charge on any atom is -0.290 e. The monoisotopic (exact) mass is 336 g/mol. The molecule has 20 heavy (non-hydrogen) atoms. The van der Waals surface area contributed by atoms with E-state index in [4.69, 9.17) is 5.84 Å². The third-order valence-corrected chi connectivity index (χ3v) is 3.51. The smallest absolute Gasteiger partial charge is 0.267 e. The molecule has 104 valence electrons. The molecule has 0 atom stereocenters. The third kappa shape index (κ3) is 3.12. The summed E-state index contributed by atoms with van der Waals surface area (Å²) in [4.78, 5) is 23.2. The van der Waals surface area contributed by atoms with E-state index in [1.807, 2.05) is 6.92 Å². The Morgan fingerprint density at radius 2 is 2.20 bits per heavy atom. The van der Waals surface area contributed by atoms with Gasteiger partial charge in [0.05, 0.1) is 12.7 Å². The van der Waals surface area contributed by atoms with Gasteiger partial charge in [-0.05, 0) is 30.2 Å². The molecule has 7 heteroatoms. The average molecular weight is 337 g/mol. The molecule has 0 aliphatic heterocycles. The summed E-state index contributed by atoms with van der Waals surface area (Å²) < 4.78 is 2.07. The Morgan fingerprint density at radius 1 is 1.45 bits per heavy atom. The summed E-state index contributed by atoms with van der Waals surface area (Å²) in [5, 5.41) is 4.07. The number of hydrogen-bond donors (Lipinski definition) is 2. The molecule has 2 aromatic rings. The van der Waals surface area contributed by atoms with Crippen LogP contribution in [0.5, 0.6) is 0 Å². The van der Waals surface area contributed by atoms with E-state index < -0.39 is 0 Å². The molecule has 0 saturated carbocycles. The van der Waals surface area contributed by atoms with Crippen LogP contribution < -0.4 is 16.8 Å². The van der Waals surface area contributed by atoms with Crippen molar-refractivity contribution >= 4 is 21.8 Å². The Labute approximate surface area is 123 Å². The predicted molar refractivity (Wildman–Crippen MR) is 78.1 cm³/mol. The second-order valence-corrected chi connectivity index (χ2v) is 5.16. The van der Waals surface area contributed by atoms with Crippen molar-refractivity contribution in [3.63, 3.8) is 0 Å². The highest BCUT2D eigenvalue weighted by Crippen LogP contribution is 2.19. The van der Waals surface area contributed by atoms with Crippen LogP contribution in [0.15, 0.2) is 39.7 Å². The molecule has 0 unspecified atom stereocenters. The Morgan fingerprint density at radius 3 is 2.80 bits per heavy atom. The van der Waals surface area contributed by atoms with Gasteiger partial charge < -0.3 is 0 Å². The molecular formula is C13H13BrN4O2. The fourth-order valence-corrected chi connectivity index (χ4v) is 2.21. The van der Waals surface area contributed by atoms with Crippen molar-refractivity contribution in [3.8, 4) is 0 Å². The lowest BCUT2D eigenvalue weighted by molar-refractivity contribution is 0.0953. The number of carbonyl (C=O) groups is 1. The van der Waals surface area contributed by atoms with Crippen LogP contribution in [0.2, 0.25) is 0 Å². The minimum absolute atomic E-state index is 0.166. The standard InChI is InChI=1S/C13H13BrN4O2/c1-8-4-12(19)18(16-6-8)7-10-3-2-9(5-11(10)14)13(20)17-15/h2-6H,7,15H2,1H3,(H,17,20). The van der Waals surface area contributed by atoms with Gasteiger partial charge in [0.25, 0.3) is 11.5 Å². The highest BCUT2D eigenvalue weighted by Gasteiger charge is 2.08. The van der Waals surface area contributed by atoms with Crippen molar-refractivity contribution in [3.05, 3.63) is 62.0 Å². The first-order chi connectivity index (χ1) is 9.51. The Balaban J connectivity index is 2.30. The van der Waals surface area contributed by atoms with E-state index in [0.717, 1.165) is 11.1 Å². The summed E-state index contributed by atoms with van der Waals surface area (Å²) in [6.45, 7) is 2.14. The molecule has 2 rings (SSSR count). The highest BCUT2D eigenvalue weighted by molar-refractivity contribution is 9.10. The summed E-state index contributed by atoms with van der Waals surface area (Å²) in [5.41, 5.74) is 4.00. The maximum atomic E-state index is 11.8. The quantitative estimate of drug-likeness (QED) is 0.496. The summed E-state index contributed by atoms with van der Waals surface area (Å²) in [7, 11) is 0. The lowest BCUT2D eigenvalue weighted by Gasteiger charge is -2.08. The Bertz CT molecular complexity index is 712. The van der Waals surface area contributed by atoms with Crippen LogP contribution in [0.3, 0.4) is 0 Å². The lowest BCUT2D eigenvalue weighted by atomic mass is 10.1. The van der Waals surface area contributed by atoms with Gasteiger partial charge in [-0.15, -0.1) is 0 Å². The van der Waals surface area contributed by atoms with E-state index in [-0.39, 0.29) is 11.5 Å². The van der Waals surface area contributed by atoms with Gasteiger partial charge >= 0.3 is 0 Å². The van der Waals surface area contributed by atoms with Crippen molar-refractivity contribution in [2.75, 3.05) is 0 Å². The molecule has 0 radical (unpaired) electrons. The van der Waals surface area contributed by atoms with Crippen LogP contribution in [-0.2, 0) is 6.54 Å². The van der Waals surface area contributed by atoms with E-state index >= 15 is 0 Å². The van der Waals surface area contributed by atoms with Gasteiger partial charge in [0.1, 0.15) is 0 Å². The zero-order chi connectivity index (χ0) is 14.7. The van der Waals surface area contributed by atoms with Crippen molar-refractivity contribution in [2.24, 2.45) is 5.84 Å². The van der Waals surface area contributed by atoms with Gasteiger partial charge in [-0.25, -0.2) is 10.5 Å². The first kappa shape index (κ1) is 14.4. The summed E-state index contributed by atoms with van der Waals surface area (Å²) in [5.74, 6) is 4.71. The first-order valence-electron chi connectivity index (χ1n) is 5.84. The topological polar surface area (TPSA) is 90.0 Å². The Kier molecular flexibility index (Phi) is 4.31. The predicted octanol–water partition coefficient (Wildman–Crippen LogP) is 0.966. The number of nitrogen functional groups attached to an aromatic ring is 1. The number of aromatic nitrogens is 2. The zero-order valence-corrected chi connectivity index (χ0v) is 12.3. The first-order valence-corrected chi connectivity index (χ1v) is 6.63. The number of nitrogens with two attached hydrogens (primary N) is 1. The fourth-order valence-electron chi connectivity index (χ4n) is 1.70. The number of hydrazine groups is 1. The second-order valence-electron chi connectivity index (χ2n) is 4.31. The molecule has 1 aromatic heterocycles. The van der Waals surface area contributed by atoms with Crippen LogP contribution >= 0.6 is 15.9 Å². The molecule has 0 saturated heterocycles. The van der Waals surface area contributed by atoms with E-state index in [2.05, 4.69) is 26.5 Å². The molecule has 1 aromatic carbocycles. The van der Waals surface area contributed by atoms with Crippen molar-refractivity contribution in [2.45, 2.75) is 13.5 Å². The van der Waals surface area contributed by atoms with Crippen LogP contribution in [-0.4, -0.2) is 15.7 Å². The van der Waals surface area contributed by atoms with Gasteiger partial charge in [0.15, 0.2) is 0 Å². The molecule has 0 aliphatic carbocycles. The van der Waals surface area contributed by atoms with Gasteiger partial charge in [-0.3, -0.25) is 15.0 Å². The SMILES string of the molecule is Cc1cnn(Cc2ccc(C(=O)NN)cc2Br)c(=O)c1. The highest BCUT2D eigenvalue weighted by atomic mass is 79.9. The second kappa shape index (κ2) is 5.98. The van der Waals surface area contributed by atoms with Gasteiger partial charge in [-0.1, -0.05) is 22.0 Å². The number of rotatable bonds is 3. The third-order valence-electron chi connectivity index (χ3n) is 2.77. The summed E-state index contributed by atoms with van der Waals surface area (Å²) in [6.07, 6.45) is 1.63. The molecule has 6 nitrogen and oxygen atoms in total. The largest absolute Gasteiger partial charge is 0.290 e. The zero-order valence-electron chi connectivity index (χ0n) is 10.8. The van der Waals surface area contributed by atoms with Crippen molar-refractivity contribution < 1.29 is 4.79 Å². The minimum atomic E-state index is -0.372. The number of hydrogen-bond acceptors (Lipinski definition) is 4. The summed E-state index contributed by atoms with van der Waals surface area (Å²) in [6, 6.07) is 6.57. The molecular weight excluding hydrogens is 324 g/mol. The van der Waals surface area contributed by atoms with Crippen LogP contribution in [0.1, 0.15) is 21.5 Å². The van der Waals surface area contributed by atoms with E-state index in [9.17, 15) is 9.59 Å². The number of carbonyl (C=O) groups excluding carboxylic acids is 1. The molecule has 1 amide bonds. The van der Waals surface area contributed by atoms with E-state index in [0.29, 0.717) is 16.6 Å². The van der Waals surface area contributed by atoms with E-state index in [1.54, 1.807) is 24.4 Å². The fraction of sp³-hybridized carbons (Fsp3) is 0.154. The van der Waals surface area contributed by atoms with Crippen LogP contribution in [0.25, 0.3) is 0 Å². The molecule has 0 spiro atoms. The molecule has 0 aliphatic rings. The van der Waals surface area contributed by atoms with Gasteiger partial charge in [0, 0.05) is 16.1 Å². The van der Waals surface area contributed by atoms with Crippen LogP contribution in [0, 0.1) is 6.92 Å². The normalized spacial score (nSPS) is 10.3. The molecule has 0 bridgehead atoms. The molecule has 0 fully saturated rings. The summed E-state index contributed by atoms with van der Waals surface area (Å²) >= 11 is 3.38. The number of nitrogens with one attached hydrogen (secondary N) is 1. The lowest BCUT2D eigenvalue weighted by Crippen LogP contribution is -2.30. The van der Waals surface area contributed by atoms with E-state index in [1.165, 1.54) is 10.7 Å². The number of halogens is 1. The number of aryl methyl sites for hydroxylation is 1. The van der Waals surface area contributed by atoms with Crippen LogP contribution in [0.4, 0.5) is 0 Å². The number of benzene rings is 1. The van der Waals surface area contributed by atoms with Gasteiger partial charge in [0.2, 0.25) is 0 Å². The Hall–Kier alpha value is -1.99. The van der Waals surface area contributed by atoms with Gasteiger partial charge in [-0.2, -0.15) is 5.10 Å². The maximum absolute atomic E-state index is 11.8. The molecule has 1 heterocycles. The number of amides is 1. The molecule has 3 N–H and O–H groups in total. The number of nitrogens with zero attached hydrogens (tertiary/aromatic N) is 2. The van der Waals surface area contributed by atoms with Crippen molar-refractivity contribution in [1.29, 1.82) is 0 Å². The van der Waals surface area contributed by atoms with Crippen molar-refractivity contribution in [1.82, 2.24) is 15.2 Å². The maximum Gasteiger partial charge on any atom is 0.267 e. The average Bonchev–Trinajstić information content (AvgIpc) is 2.42.